The van der Waals surface area contributed by atoms with Gasteiger partial charge in [0.15, 0.2) is 11.5 Å². The van der Waals surface area contributed by atoms with Crippen LogP contribution in [0.2, 0.25) is 0 Å². The Morgan fingerprint density at radius 3 is 2.59 bits per heavy atom. The second-order valence-corrected chi connectivity index (χ2v) is 11.0. The molecule has 37 heavy (non-hydrogen) atoms. The monoisotopic (exact) mass is 516 g/mol. The number of hydrogen-bond donors (Lipinski definition) is 1. The van der Waals surface area contributed by atoms with Crippen LogP contribution < -0.4 is 9.46 Å². The lowest BCUT2D eigenvalue weighted by Gasteiger charge is -2.10. The Kier molecular flexibility index (Phi) is 6.53. The van der Waals surface area contributed by atoms with Gasteiger partial charge in [-0.1, -0.05) is 24.3 Å². The van der Waals surface area contributed by atoms with Gasteiger partial charge in [0.2, 0.25) is 10.0 Å². The molecule has 5 aromatic rings. The minimum Gasteiger partial charge on any atom is -0.495 e. The number of fused-ring (bicyclic) bond motifs is 1. The summed E-state index contributed by atoms with van der Waals surface area (Å²) in [5, 5.41) is 4.74. The van der Waals surface area contributed by atoms with Crippen LogP contribution in [0.5, 0.6) is 5.75 Å². The zero-order valence-electron chi connectivity index (χ0n) is 21.1. The van der Waals surface area contributed by atoms with E-state index in [-0.39, 0.29) is 6.54 Å². The molecule has 2 aromatic carbocycles. The highest BCUT2D eigenvalue weighted by Crippen LogP contribution is 2.28. The minimum absolute atomic E-state index is 0.225. The molecule has 9 nitrogen and oxygen atoms in total. The van der Waals surface area contributed by atoms with Gasteiger partial charge in [-0.3, -0.25) is 0 Å². The van der Waals surface area contributed by atoms with E-state index in [0.29, 0.717) is 12.2 Å². The lowest BCUT2D eigenvalue weighted by molar-refractivity contribution is 0.412. The SMILES string of the molecule is COc1cc(Cc2nc3c(-c4cccc(CNS(C)(=O)=O)c4)cc(C)cn3n2)ccc1-n1cnc(C)c1. The summed E-state index contributed by atoms with van der Waals surface area (Å²) in [6.07, 6.45) is 7.37. The van der Waals surface area contributed by atoms with E-state index in [1.807, 2.05) is 73.3 Å². The van der Waals surface area contributed by atoms with E-state index in [1.54, 1.807) is 18.0 Å². The molecule has 0 spiro atoms. The normalized spacial score (nSPS) is 11.8. The van der Waals surface area contributed by atoms with Gasteiger partial charge in [0, 0.05) is 30.9 Å². The summed E-state index contributed by atoms with van der Waals surface area (Å²) < 4.78 is 35.0. The lowest BCUT2D eigenvalue weighted by Crippen LogP contribution is -2.21. The lowest BCUT2D eigenvalue weighted by atomic mass is 10.0. The van der Waals surface area contributed by atoms with Crippen LogP contribution in [0.25, 0.3) is 22.5 Å². The second-order valence-electron chi connectivity index (χ2n) is 9.13. The van der Waals surface area contributed by atoms with Gasteiger partial charge in [-0.25, -0.2) is 27.6 Å². The third-order valence-electron chi connectivity index (χ3n) is 5.99. The number of pyridine rings is 1. The molecule has 0 amide bonds. The van der Waals surface area contributed by atoms with Gasteiger partial charge in [0.1, 0.15) is 5.75 Å². The van der Waals surface area contributed by atoms with Gasteiger partial charge >= 0.3 is 0 Å². The fraction of sp³-hybridized carbons (Fsp3) is 0.222. The molecular formula is C27H28N6O3S. The molecule has 190 valence electrons. The number of nitrogens with zero attached hydrogens (tertiary/aromatic N) is 5. The van der Waals surface area contributed by atoms with Gasteiger partial charge < -0.3 is 9.30 Å². The molecule has 0 radical (unpaired) electrons. The number of ether oxygens (including phenoxy) is 1. The molecule has 0 fully saturated rings. The maximum atomic E-state index is 11.5. The van der Waals surface area contributed by atoms with E-state index in [1.165, 1.54) is 0 Å². The molecule has 0 aliphatic rings. The number of aromatic nitrogens is 5. The summed E-state index contributed by atoms with van der Waals surface area (Å²) in [6.45, 7) is 4.19. The average molecular weight is 517 g/mol. The van der Waals surface area contributed by atoms with Crippen LogP contribution in [0.3, 0.4) is 0 Å². The minimum atomic E-state index is -3.28. The third-order valence-corrected chi connectivity index (χ3v) is 6.66. The number of aryl methyl sites for hydroxylation is 2. The van der Waals surface area contributed by atoms with Gasteiger partial charge in [-0.05, 0) is 60.4 Å². The van der Waals surface area contributed by atoms with Crippen molar-refractivity contribution in [2.24, 2.45) is 0 Å². The highest BCUT2D eigenvalue weighted by molar-refractivity contribution is 7.88. The molecule has 0 atom stereocenters. The van der Waals surface area contributed by atoms with Crippen LogP contribution in [-0.2, 0) is 23.0 Å². The van der Waals surface area contributed by atoms with Crippen LogP contribution in [0.15, 0.2) is 67.3 Å². The topological polar surface area (TPSA) is 103 Å². The molecule has 0 aliphatic carbocycles. The highest BCUT2D eigenvalue weighted by Gasteiger charge is 2.14. The second kappa shape index (κ2) is 9.79. The summed E-state index contributed by atoms with van der Waals surface area (Å²) in [5.74, 6) is 1.43. The van der Waals surface area contributed by atoms with E-state index in [9.17, 15) is 8.42 Å². The van der Waals surface area contributed by atoms with Crippen LogP contribution >= 0.6 is 0 Å². The zero-order valence-corrected chi connectivity index (χ0v) is 22.0. The first kappa shape index (κ1) is 24.7. The van der Waals surface area contributed by atoms with Gasteiger partial charge in [0.05, 0.1) is 31.1 Å². The quantitative estimate of drug-likeness (QED) is 0.336. The zero-order chi connectivity index (χ0) is 26.2. The van der Waals surface area contributed by atoms with Crippen LogP contribution in [0, 0.1) is 13.8 Å². The summed E-state index contributed by atoms with van der Waals surface area (Å²) in [6, 6.07) is 15.9. The maximum absolute atomic E-state index is 11.5. The van der Waals surface area contributed by atoms with Crippen molar-refractivity contribution in [3.05, 3.63) is 95.5 Å². The number of benzene rings is 2. The number of methoxy groups -OCH3 is 1. The molecule has 3 heterocycles. The van der Waals surface area contributed by atoms with Gasteiger partial charge in [-0.15, -0.1) is 0 Å². The Morgan fingerprint density at radius 1 is 1.03 bits per heavy atom. The standard InChI is InChI=1S/C27H28N6O3S/c1-18-10-23(22-7-5-6-21(11-22)14-29-37(4,34)35)27-30-26(31-33(27)15-18)13-20-8-9-24(25(12-20)36-3)32-16-19(2)28-17-32/h5-12,15-17,29H,13-14H2,1-4H3. The molecule has 1 N–H and O–H groups in total. The summed E-state index contributed by atoms with van der Waals surface area (Å²) in [4.78, 5) is 9.17. The van der Waals surface area contributed by atoms with E-state index in [2.05, 4.69) is 15.8 Å². The Balaban J connectivity index is 1.47. The van der Waals surface area contributed by atoms with Crippen LogP contribution in [0.1, 0.15) is 28.2 Å². The molecular weight excluding hydrogens is 488 g/mol. The Bertz CT molecular complexity index is 1700. The van der Waals surface area contributed by atoms with Crippen molar-refractivity contribution in [2.75, 3.05) is 13.4 Å². The molecule has 0 saturated heterocycles. The Labute approximate surface area is 215 Å². The Morgan fingerprint density at radius 2 is 1.86 bits per heavy atom. The molecule has 0 saturated carbocycles. The smallest absolute Gasteiger partial charge is 0.209 e. The van der Waals surface area contributed by atoms with Crippen molar-refractivity contribution < 1.29 is 13.2 Å². The maximum Gasteiger partial charge on any atom is 0.209 e. The van der Waals surface area contributed by atoms with Crippen molar-refractivity contribution in [3.63, 3.8) is 0 Å². The van der Waals surface area contributed by atoms with Crippen molar-refractivity contribution >= 4 is 15.7 Å². The summed E-state index contributed by atoms with van der Waals surface area (Å²) >= 11 is 0. The number of rotatable bonds is 8. The largest absolute Gasteiger partial charge is 0.495 e. The van der Waals surface area contributed by atoms with Crippen molar-refractivity contribution in [3.8, 4) is 22.6 Å². The average Bonchev–Trinajstić information content (AvgIpc) is 3.47. The predicted molar refractivity (Wildman–Crippen MR) is 143 cm³/mol. The third kappa shape index (κ3) is 5.55. The summed E-state index contributed by atoms with van der Waals surface area (Å²) in [5.41, 5.74) is 7.40. The fourth-order valence-corrected chi connectivity index (χ4v) is 4.72. The first-order chi connectivity index (χ1) is 17.7. The highest BCUT2D eigenvalue weighted by atomic mass is 32.2. The number of hydrogen-bond acceptors (Lipinski definition) is 6. The van der Waals surface area contributed by atoms with E-state index in [4.69, 9.17) is 14.8 Å². The fourth-order valence-electron chi connectivity index (χ4n) is 4.29. The predicted octanol–water partition coefficient (Wildman–Crippen LogP) is 3.85. The number of sulfonamides is 1. The molecule has 3 aromatic heterocycles. The van der Waals surface area contributed by atoms with Gasteiger partial charge in [0.25, 0.3) is 0 Å². The van der Waals surface area contributed by atoms with Gasteiger partial charge in [-0.2, -0.15) is 5.10 Å². The first-order valence-corrected chi connectivity index (χ1v) is 13.7. The molecule has 10 heteroatoms. The van der Waals surface area contributed by atoms with Crippen molar-refractivity contribution in [1.82, 2.24) is 28.9 Å². The Hall–Kier alpha value is -4.02. The van der Waals surface area contributed by atoms with E-state index >= 15 is 0 Å². The van der Waals surface area contributed by atoms with Crippen molar-refractivity contribution in [2.45, 2.75) is 26.8 Å². The molecule has 0 bridgehead atoms. The molecule has 0 unspecified atom stereocenters. The van der Waals surface area contributed by atoms with Crippen LogP contribution in [0.4, 0.5) is 0 Å². The van der Waals surface area contributed by atoms with E-state index in [0.717, 1.165) is 56.9 Å². The van der Waals surface area contributed by atoms with E-state index < -0.39 is 10.0 Å². The molecule has 0 aliphatic heterocycles. The molecule has 5 rings (SSSR count). The number of nitrogens with one attached hydrogen (secondary N) is 1. The van der Waals surface area contributed by atoms with Crippen LogP contribution in [-0.4, -0.2) is 45.9 Å². The summed E-state index contributed by atoms with van der Waals surface area (Å²) in [7, 11) is -1.62. The van der Waals surface area contributed by atoms with Crippen molar-refractivity contribution in [1.29, 1.82) is 0 Å². The number of imidazole rings is 1. The first-order valence-electron chi connectivity index (χ1n) is 11.8.